The van der Waals surface area contributed by atoms with E-state index in [-0.39, 0.29) is 19.4 Å². The number of hydrogen-bond donors (Lipinski definition) is 1. The van der Waals surface area contributed by atoms with Crippen molar-refractivity contribution in [2.45, 2.75) is 38.8 Å². The van der Waals surface area contributed by atoms with Crippen LogP contribution in [0.15, 0.2) is 21.2 Å². The number of nitrogens with two attached hydrogens (primary N) is 1. The predicted octanol–water partition coefficient (Wildman–Crippen LogP) is 0.669. The van der Waals surface area contributed by atoms with Crippen molar-refractivity contribution in [3.63, 3.8) is 0 Å². The molecule has 0 bridgehead atoms. The Balaban J connectivity index is 2.59. The molecule has 1 aromatic rings. The van der Waals surface area contributed by atoms with Crippen LogP contribution in [0, 0.1) is 6.92 Å². The maximum Gasteiger partial charge on any atom is 0.441 e. The molecule has 1 aromatic heterocycles. The second-order valence-electron chi connectivity index (χ2n) is 4.67. The summed E-state index contributed by atoms with van der Waals surface area (Å²) in [6.45, 7) is 3.06. The van der Waals surface area contributed by atoms with Crippen LogP contribution in [0.2, 0.25) is 0 Å². The Bertz CT molecular complexity index is 559. The van der Waals surface area contributed by atoms with E-state index in [4.69, 9.17) is 5.73 Å². The second kappa shape index (κ2) is 6.47. The summed E-state index contributed by atoms with van der Waals surface area (Å²) in [5.74, 6) is -1.36. The number of halogens is 1. The van der Waals surface area contributed by atoms with Crippen LogP contribution in [0.25, 0.3) is 0 Å². The fourth-order valence-corrected chi connectivity index (χ4v) is 1.55. The van der Waals surface area contributed by atoms with E-state index in [0.717, 1.165) is 0 Å². The highest BCUT2D eigenvalue weighted by atomic mass is 19.1. The lowest BCUT2D eigenvalue weighted by atomic mass is 9.97. The first-order valence-electron chi connectivity index (χ1n) is 6.03. The summed E-state index contributed by atoms with van der Waals surface area (Å²) in [4.78, 5) is 22.5. The topological polar surface area (TPSA) is 100 Å². The fourth-order valence-electron chi connectivity index (χ4n) is 1.55. The van der Waals surface area contributed by atoms with Crippen LogP contribution < -0.4 is 11.5 Å². The van der Waals surface area contributed by atoms with Gasteiger partial charge >= 0.3 is 11.7 Å². The van der Waals surface area contributed by atoms with Crippen LogP contribution in [0.3, 0.4) is 0 Å². The number of methoxy groups -OCH3 is 1. The predicted molar refractivity (Wildman–Crippen MR) is 68.5 cm³/mol. The minimum atomic E-state index is -1.25. The molecule has 0 aliphatic heterocycles. The molecule has 0 fully saturated rings. The first-order valence-corrected chi connectivity index (χ1v) is 6.03. The average Bonchev–Trinajstić information content (AvgIpc) is 2.72. The molecule has 2 N–H and O–H groups in total. The Morgan fingerprint density at radius 3 is 2.80 bits per heavy atom. The van der Waals surface area contributed by atoms with E-state index in [0.29, 0.717) is 5.82 Å². The lowest BCUT2D eigenvalue weighted by Crippen LogP contribution is -2.45. The number of nitrogens with zero attached hydrogens (tertiary/aromatic N) is 2. The van der Waals surface area contributed by atoms with Gasteiger partial charge in [0.05, 0.1) is 19.5 Å². The van der Waals surface area contributed by atoms with Crippen LogP contribution >= 0.6 is 0 Å². The first-order chi connectivity index (χ1) is 9.27. The summed E-state index contributed by atoms with van der Waals surface area (Å²) in [5.41, 5.74) is 4.46. The van der Waals surface area contributed by atoms with Gasteiger partial charge in [-0.25, -0.2) is 9.18 Å². The van der Waals surface area contributed by atoms with Crippen LogP contribution in [0.4, 0.5) is 4.39 Å². The molecule has 8 heteroatoms. The molecule has 0 aliphatic carbocycles. The van der Waals surface area contributed by atoms with E-state index in [1.807, 2.05) is 0 Å². The summed E-state index contributed by atoms with van der Waals surface area (Å²) >= 11 is 0. The Morgan fingerprint density at radius 2 is 2.30 bits per heavy atom. The van der Waals surface area contributed by atoms with Crippen LogP contribution in [-0.4, -0.2) is 28.3 Å². The van der Waals surface area contributed by atoms with Crippen molar-refractivity contribution in [2.24, 2.45) is 5.73 Å². The van der Waals surface area contributed by atoms with E-state index in [1.165, 1.54) is 24.7 Å². The largest absolute Gasteiger partial charge is 0.468 e. The molecule has 0 aliphatic rings. The summed E-state index contributed by atoms with van der Waals surface area (Å²) in [7, 11) is 1.22. The zero-order valence-electron chi connectivity index (χ0n) is 11.7. The van der Waals surface area contributed by atoms with Crippen molar-refractivity contribution in [1.29, 1.82) is 0 Å². The van der Waals surface area contributed by atoms with Gasteiger partial charge in [-0.05, 0) is 26.3 Å². The molecular formula is C12H18FN3O4. The van der Waals surface area contributed by atoms with Crippen molar-refractivity contribution in [3.05, 3.63) is 28.3 Å². The Morgan fingerprint density at radius 1 is 1.65 bits per heavy atom. The van der Waals surface area contributed by atoms with E-state index in [1.54, 1.807) is 6.92 Å². The molecule has 0 aromatic carbocycles. The van der Waals surface area contributed by atoms with Crippen molar-refractivity contribution in [3.8, 4) is 0 Å². The average molecular weight is 287 g/mol. The van der Waals surface area contributed by atoms with Gasteiger partial charge in [-0.15, -0.1) is 0 Å². The number of carbonyl (C=O) groups is 1. The first kappa shape index (κ1) is 16.1. The van der Waals surface area contributed by atoms with Gasteiger partial charge < -0.3 is 10.5 Å². The van der Waals surface area contributed by atoms with Crippen molar-refractivity contribution < 1.29 is 18.4 Å². The maximum absolute atomic E-state index is 13.6. The van der Waals surface area contributed by atoms with Gasteiger partial charge in [-0.3, -0.25) is 13.9 Å². The van der Waals surface area contributed by atoms with Crippen molar-refractivity contribution in [2.75, 3.05) is 7.11 Å². The Labute approximate surface area is 115 Å². The van der Waals surface area contributed by atoms with E-state index >= 15 is 0 Å². The van der Waals surface area contributed by atoms with Crippen LogP contribution in [-0.2, 0) is 16.1 Å². The highest BCUT2D eigenvalue weighted by Crippen LogP contribution is 2.16. The molecule has 1 unspecified atom stereocenters. The number of hydrogen-bond acceptors (Lipinski definition) is 6. The minimum Gasteiger partial charge on any atom is -0.468 e. The summed E-state index contributed by atoms with van der Waals surface area (Å²) in [6.07, 6.45) is 1.29. The molecule has 0 saturated carbocycles. The molecule has 112 valence electrons. The van der Waals surface area contributed by atoms with E-state index in [9.17, 15) is 14.0 Å². The normalized spacial score (nSPS) is 14.9. The lowest BCUT2D eigenvalue weighted by Gasteiger charge is -2.20. The number of rotatable bonds is 6. The van der Waals surface area contributed by atoms with Crippen molar-refractivity contribution >= 4 is 5.97 Å². The molecule has 0 spiro atoms. The van der Waals surface area contributed by atoms with Crippen LogP contribution in [0.5, 0.6) is 0 Å². The smallest absolute Gasteiger partial charge is 0.441 e. The van der Waals surface area contributed by atoms with Gasteiger partial charge in [-0.2, -0.15) is 0 Å². The quantitative estimate of drug-likeness (QED) is 0.772. The summed E-state index contributed by atoms with van der Waals surface area (Å²) in [6, 6.07) is 0. The third-order valence-electron chi connectivity index (χ3n) is 2.90. The number of aromatic nitrogens is 2. The number of carbonyl (C=O) groups excluding carboxylic acids is 1. The van der Waals surface area contributed by atoms with Crippen LogP contribution in [0.1, 0.15) is 25.6 Å². The zero-order chi connectivity index (χ0) is 15.3. The monoisotopic (exact) mass is 287 g/mol. The molecule has 0 radical (unpaired) electrons. The molecular weight excluding hydrogens is 269 g/mol. The molecule has 7 nitrogen and oxygen atoms in total. The number of allylic oxidation sites excluding steroid dienone is 2. The number of esters is 1. The van der Waals surface area contributed by atoms with Gasteiger partial charge in [0.2, 0.25) is 0 Å². The molecule has 1 rings (SSSR count). The third kappa shape index (κ3) is 4.02. The third-order valence-corrected chi connectivity index (χ3v) is 2.90. The number of aryl methyl sites for hydroxylation is 1. The Kier molecular flexibility index (Phi) is 5.20. The highest BCUT2D eigenvalue weighted by molar-refractivity contribution is 5.79. The Hall–Kier alpha value is -1.96. The van der Waals surface area contributed by atoms with E-state index in [2.05, 4.69) is 14.4 Å². The molecule has 0 amide bonds. The van der Waals surface area contributed by atoms with Gasteiger partial charge in [0.1, 0.15) is 5.54 Å². The molecule has 1 heterocycles. The van der Waals surface area contributed by atoms with Crippen molar-refractivity contribution in [1.82, 2.24) is 9.72 Å². The molecule has 20 heavy (non-hydrogen) atoms. The van der Waals surface area contributed by atoms with E-state index < -0.39 is 23.1 Å². The minimum absolute atomic E-state index is 0.0134. The van der Waals surface area contributed by atoms with Gasteiger partial charge in [0.15, 0.2) is 5.82 Å². The van der Waals surface area contributed by atoms with Gasteiger partial charge in [-0.1, -0.05) is 5.16 Å². The zero-order valence-corrected chi connectivity index (χ0v) is 11.7. The SMILES string of the molecule is COC(=O)C(C)(N)CC/C(F)=C\Cn1c(C)noc1=O. The summed E-state index contributed by atoms with van der Waals surface area (Å²) in [5, 5.41) is 3.46. The standard InChI is InChI=1S/C12H18FN3O4/c1-8-15-20-11(18)16(8)7-5-9(13)4-6-12(2,14)10(17)19-3/h5H,4,6-7,14H2,1-3H3/b9-5+. The van der Waals surface area contributed by atoms with Gasteiger partial charge in [0.25, 0.3) is 0 Å². The maximum atomic E-state index is 13.6. The summed E-state index contributed by atoms with van der Waals surface area (Å²) < 4.78 is 23.8. The highest BCUT2D eigenvalue weighted by Gasteiger charge is 2.29. The molecule has 1 atom stereocenters. The molecule has 0 saturated heterocycles. The van der Waals surface area contributed by atoms with Gasteiger partial charge in [0, 0.05) is 6.42 Å². The number of ether oxygens (including phenoxy) is 1. The fraction of sp³-hybridized carbons (Fsp3) is 0.583. The second-order valence-corrected chi connectivity index (χ2v) is 4.67. The lowest BCUT2D eigenvalue weighted by molar-refractivity contribution is -0.146.